The van der Waals surface area contributed by atoms with Gasteiger partial charge in [0.15, 0.2) is 0 Å². The minimum atomic E-state index is -3.75. The minimum Gasteiger partial charge on any atom is -0.490 e. The van der Waals surface area contributed by atoms with Gasteiger partial charge in [0, 0.05) is 11.0 Å². The zero-order chi connectivity index (χ0) is 18.9. The van der Waals surface area contributed by atoms with Crippen LogP contribution in [0.4, 0.5) is 4.39 Å². The van der Waals surface area contributed by atoms with E-state index in [0.717, 1.165) is 10.0 Å². The number of halogens is 2. The van der Waals surface area contributed by atoms with Crippen LogP contribution < -0.4 is 4.74 Å². The molecule has 0 unspecified atom stereocenters. The molecule has 2 aromatic carbocycles. The molecule has 0 radical (unpaired) electrons. The lowest BCUT2D eigenvalue weighted by Gasteiger charge is -2.29. The summed E-state index contributed by atoms with van der Waals surface area (Å²) in [4.78, 5) is 0.161. The fraction of sp³-hybridized carbons (Fsp3) is 0.368. The molecule has 0 spiro atoms. The van der Waals surface area contributed by atoms with E-state index in [4.69, 9.17) is 4.74 Å². The molecular weight excluding hydrogens is 421 g/mol. The van der Waals surface area contributed by atoms with E-state index in [0.29, 0.717) is 18.1 Å². The molecule has 0 aliphatic carbocycles. The maximum atomic E-state index is 13.4. The SMILES string of the molecule is CC(C)C[C@H]1COc2cc(Br)ccc2S(=O)(=O)N1Cc1ccc(F)cc1. The van der Waals surface area contributed by atoms with Gasteiger partial charge in [0.25, 0.3) is 0 Å². The van der Waals surface area contributed by atoms with E-state index in [1.165, 1.54) is 16.4 Å². The summed E-state index contributed by atoms with van der Waals surface area (Å²) in [5, 5.41) is 0. The smallest absolute Gasteiger partial charge is 0.247 e. The van der Waals surface area contributed by atoms with Gasteiger partial charge in [0.2, 0.25) is 10.0 Å². The molecule has 0 N–H and O–H groups in total. The first-order valence-electron chi connectivity index (χ1n) is 8.46. The molecule has 140 valence electrons. The van der Waals surface area contributed by atoms with Crippen molar-refractivity contribution in [2.24, 2.45) is 5.92 Å². The van der Waals surface area contributed by atoms with Crippen LogP contribution >= 0.6 is 15.9 Å². The lowest BCUT2D eigenvalue weighted by molar-refractivity contribution is 0.187. The highest BCUT2D eigenvalue weighted by molar-refractivity contribution is 9.10. The number of hydrogen-bond donors (Lipinski definition) is 0. The first kappa shape index (κ1) is 19.3. The number of nitrogens with zero attached hydrogens (tertiary/aromatic N) is 1. The molecule has 0 saturated carbocycles. The van der Waals surface area contributed by atoms with Crippen molar-refractivity contribution in [3.63, 3.8) is 0 Å². The second-order valence-corrected chi connectivity index (χ2v) is 9.64. The Bertz CT molecular complexity index is 884. The van der Waals surface area contributed by atoms with Gasteiger partial charge in [-0.25, -0.2) is 12.8 Å². The van der Waals surface area contributed by atoms with Crippen LogP contribution in [0.1, 0.15) is 25.8 Å². The third-order valence-corrected chi connectivity index (χ3v) is 6.76. The summed E-state index contributed by atoms with van der Waals surface area (Å²) in [6.45, 7) is 4.57. The van der Waals surface area contributed by atoms with Gasteiger partial charge >= 0.3 is 0 Å². The van der Waals surface area contributed by atoms with Crippen LogP contribution in [0.15, 0.2) is 51.8 Å². The molecule has 0 amide bonds. The third kappa shape index (κ3) is 4.10. The average molecular weight is 442 g/mol. The summed E-state index contributed by atoms with van der Waals surface area (Å²) in [6.07, 6.45) is 0.676. The zero-order valence-corrected chi connectivity index (χ0v) is 17.1. The normalized spacial score (nSPS) is 19.7. The Balaban J connectivity index is 2.04. The first-order chi connectivity index (χ1) is 12.3. The van der Waals surface area contributed by atoms with Gasteiger partial charge in [-0.15, -0.1) is 0 Å². The van der Waals surface area contributed by atoms with Crippen LogP contribution in [-0.2, 0) is 16.6 Å². The summed E-state index contributed by atoms with van der Waals surface area (Å²) < 4.78 is 48.0. The van der Waals surface area contributed by atoms with Crippen molar-refractivity contribution >= 4 is 26.0 Å². The van der Waals surface area contributed by atoms with E-state index in [9.17, 15) is 12.8 Å². The maximum absolute atomic E-state index is 13.4. The fourth-order valence-corrected chi connectivity index (χ4v) is 5.18. The van der Waals surface area contributed by atoms with Gasteiger partial charge in [-0.05, 0) is 48.2 Å². The van der Waals surface area contributed by atoms with Gasteiger partial charge < -0.3 is 4.74 Å². The Hall–Kier alpha value is -1.44. The first-order valence-corrected chi connectivity index (χ1v) is 10.7. The molecule has 1 aliphatic heterocycles. The van der Waals surface area contributed by atoms with Crippen LogP contribution in [0.2, 0.25) is 0 Å². The summed E-state index contributed by atoms with van der Waals surface area (Å²) in [6, 6.07) is 10.6. The van der Waals surface area contributed by atoms with Crippen molar-refractivity contribution in [3.8, 4) is 5.75 Å². The number of hydrogen-bond acceptors (Lipinski definition) is 3. The van der Waals surface area contributed by atoms with Gasteiger partial charge in [-0.3, -0.25) is 0 Å². The Morgan fingerprint density at radius 2 is 1.92 bits per heavy atom. The summed E-state index contributed by atoms with van der Waals surface area (Å²) in [5.74, 6) is 0.321. The van der Waals surface area contributed by atoms with Crippen molar-refractivity contribution in [1.82, 2.24) is 4.31 Å². The molecule has 0 aromatic heterocycles. The largest absolute Gasteiger partial charge is 0.490 e. The molecule has 3 rings (SSSR count). The minimum absolute atomic E-state index is 0.161. The van der Waals surface area contributed by atoms with Gasteiger partial charge in [0.05, 0.1) is 6.04 Å². The lowest BCUT2D eigenvalue weighted by Crippen LogP contribution is -2.42. The molecule has 2 aromatic rings. The standard InChI is InChI=1S/C19H21BrFNO3S/c1-13(2)9-17-12-25-18-10-15(20)5-8-19(18)26(23,24)22(17)11-14-3-6-16(21)7-4-14/h3-8,10,13,17H,9,11-12H2,1-2H3/t17-/m0/s1. The van der Waals surface area contributed by atoms with E-state index >= 15 is 0 Å². The molecule has 1 heterocycles. The highest BCUT2D eigenvalue weighted by Gasteiger charge is 2.37. The molecule has 7 heteroatoms. The van der Waals surface area contributed by atoms with E-state index < -0.39 is 10.0 Å². The van der Waals surface area contributed by atoms with Crippen LogP contribution in [-0.4, -0.2) is 25.4 Å². The van der Waals surface area contributed by atoms with E-state index in [1.54, 1.807) is 30.3 Å². The Kier molecular flexibility index (Phi) is 5.69. The number of ether oxygens (including phenoxy) is 1. The number of sulfonamides is 1. The van der Waals surface area contributed by atoms with E-state index in [-0.39, 0.29) is 29.9 Å². The van der Waals surface area contributed by atoms with Crippen LogP contribution in [0.3, 0.4) is 0 Å². The fourth-order valence-electron chi connectivity index (χ4n) is 3.11. The van der Waals surface area contributed by atoms with Crippen molar-refractivity contribution in [1.29, 1.82) is 0 Å². The van der Waals surface area contributed by atoms with Crippen molar-refractivity contribution in [2.75, 3.05) is 6.61 Å². The predicted molar refractivity (Wildman–Crippen MR) is 102 cm³/mol. The Morgan fingerprint density at radius 1 is 1.23 bits per heavy atom. The highest BCUT2D eigenvalue weighted by atomic mass is 79.9. The molecule has 1 atom stereocenters. The van der Waals surface area contributed by atoms with Crippen molar-refractivity contribution in [3.05, 3.63) is 58.3 Å². The Morgan fingerprint density at radius 3 is 2.58 bits per heavy atom. The van der Waals surface area contributed by atoms with Crippen LogP contribution in [0.25, 0.3) is 0 Å². The lowest BCUT2D eigenvalue weighted by atomic mass is 10.0. The van der Waals surface area contributed by atoms with Gasteiger partial charge in [-0.1, -0.05) is 41.9 Å². The number of fused-ring (bicyclic) bond motifs is 1. The van der Waals surface area contributed by atoms with Crippen LogP contribution in [0.5, 0.6) is 5.75 Å². The molecule has 0 fully saturated rings. The Labute approximate surface area is 162 Å². The summed E-state index contributed by atoms with van der Waals surface area (Å²) in [5.41, 5.74) is 0.740. The quantitative estimate of drug-likeness (QED) is 0.696. The topological polar surface area (TPSA) is 46.6 Å². The molecule has 0 bridgehead atoms. The predicted octanol–water partition coefficient (Wildman–Crippen LogP) is 4.59. The maximum Gasteiger partial charge on any atom is 0.247 e. The van der Waals surface area contributed by atoms with Gasteiger partial charge in [-0.2, -0.15) is 4.31 Å². The number of benzene rings is 2. The molecule has 0 saturated heterocycles. The van der Waals surface area contributed by atoms with E-state index in [1.807, 2.05) is 0 Å². The zero-order valence-electron chi connectivity index (χ0n) is 14.7. The van der Waals surface area contributed by atoms with Crippen molar-refractivity contribution in [2.45, 2.75) is 37.8 Å². The molecule has 26 heavy (non-hydrogen) atoms. The second-order valence-electron chi connectivity index (χ2n) is 6.86. The monoisotopic (exact) mass is 441 g/mol. The summed E-state index contributed by atoms with van der Waals surface area (Å²) in [7, 11) is -3.75. The van der Waals surface area contributed by atoms with E-state index in [2.05, 4.69) is 29.8 Å². The summed E-state index contributed by atoms with van der Waals surface area (Å²) >= 11 is 3.36. The molecular formula is C19H21BrFNO3S. The highest BCUT2D eigenvalue weighted by Crippen LogP contribution is 2.35. The average Bonchev–Trinajstić information content (AvgIpc) is 2.66. The van der Waals surface area contributed by atoms with Crippen molar-refractivity contribution < 1.29 is 17.5 Å². The number of rotatable bonds is 4. The third-order valence-electron chi connectivity index (χ3n) is 4.33. The molecule has 4 nitrogen and oxygen atoms in total. The molecule has 1 aliphatic rings. The van der Waals surface area contributed by atoms with Crippen LogP contribution in [0, 0.1) is 11.7 Å². The van der Waals surface area contributed by atoms with Gasteiger partial charge in [0.1, 0.15) is 23.1 Å². The second kappa shape index (κ2) is 7.66.